The Kier molecular flexibility index (Phi) is 4.59. The molecule has 3 N–H and O–H groups in total. The van der Waals surface area contributed by atoms with Gasteiger partial charge in [-0.25, -0.2) is 17.5 Å². The van der Waals surface area contributed by atoms with E-state index in [4.69, 9.17) is 5.73 Å². The fraction of sp³-hybridized carbons (Fsp3) is 0.200. The fourth-order valence-corrected chi connectivity index (χ4v) is 3.35. The van der Waals surface area contributed by atoms with Crippen LogP contribution < -0.4 is 10.5 Å². The zero-order chi connectivity index (χ0) is 15.5. The molecule has 0 aromatic heterocycles. The number of halogens is 1. The quantitative estimate of drug-likeness (QED) is 0.834. The van der Waals surface area contributed by atoms with E-state index in [1.807, 2.05) is 0 Å². The van der Waals surface area contributed by atoms with E-state index in [0.29, 0.717) is 11.3 Å². The Morgan fingerprint density at radius 3 is 2.24 bits per heavy atom. The number of nitrogen functional groups attached to an aromatic ring is 1. The van der Waals surface area contributed by atoms with E-state index in [1.54, 1.807) is 31.2 Å². The van der Waals surface area contributed by atoms with Crippen LogP contribution >= 0.6 is 0 Å². The average molecular weight is 308 g/mol. The third-order valence-electron chi connectivity index (χ3n) is 3.06. The Morgan fingerprint density at radius 2 is 1.67 bits per heavy atom. The summed E-state index contributed by atoms with van der Waals surface area (Å²) in [6, 6.07) is 12.0. The van der Waals surface area contributed by atoms with Crippen molar-refractivity contribution in [3.8, 4) is 0 Å². The molecule has 0 radical (unpaired) electrons. The predicted octanol–water partition coefficient (Wildman–Crippen LogP) is 2.59. The summed E-state index contributed by atoms with van der Waals surface area (Å²) in [4.78, 5) is 0. The highest BCUT2D eigenvalue weighted by atomic mass is 32.2. The first-order chi connectivity index (χ1) is 9.85. The van der Waals surface area contributed by atoms with Gasteiger partial charge in [0.2, 0.25) is 10.0 Å². The van der Waals surface area contributed by atoms with E-state index >= 15 is 0 Å². The molecule has 1 atom stereocenters. The lowest BCUT2D eigenvalue weighted by Gasteiger charge is -2.15. The number of nitrogens with one attached hydrogen (secondary N) is 1. The lowest BCUT2D eigenvalue weighted by Crippen LogP contribution is -2.28. The van der Waals surface area contributed by atoms with Crippen LogP contribution in [0.4, 0.5) is 10.1 Å². The van der Waals surface area contributed by atoms with Crippen LogP contribution in [0.2, 0.25) is 0 Å². The molecule has 0 heterocycles. The molecule has 21 heavy (non-hydrogen) atoms. The van der Waals surface area contributed by atoms with Crippen LogP contribution in [0.1, 0.15) is 24.1 Å². The molecule has 2 aromatic rings. The molecule has 0 saturated carbocycles. The molecule has 0 saturated heterocycles. The average Bonchev–Trinajstić information content (AvgIpc) is 2.41. The molecule has 1 unspecified atom stereocenters. The highest BCUT2D eigenvalue weighted by Crippen LogP contribution is 2.16. The van der Waals surface area contributed by atoms with Gasteiger partial charge in [-0.15, -0.1) is 0 Å². The number of nitrogens with two attached hydrogens (primary N) is 1. The van der Waals surface area contributed by atoms with E-state index in [2.05, 4.69) is 4.72 Å². The molecule has 0 spiro atoms. The number of sulfonamides is 1. The second-order valence-electron chi connectivity index (χ2n) is 4.89. The van der Waals surface area contributed by atoms with Gasteiger partial charge in [0.25, 0.3) is 0 Å². The first-order valence-corrected chi connectivity index (χ1v) is 8.11. The third kappa shape index (κ3) is 4.54. The molecule has 112 valence electrons. The number of hydrogen-bond donors (Lipinski definition) is 2. The molecule has 0 fully saturated rings. The summed E-state index contributed by atoms with van der Waals surface area (Å²) < 4.78 is 39.6. The molecule has 2 aromatic carbocycles. The van der Waals surface area contributed by atoms with Gasteiger partial charge in [-0.3, -0.25) is 0 Å². The molecular formula is C15H17FN2O2S. The van der Waals surface area contributed by atoms with Crippen LogP contribution in [-0.4, -0.2) is 8.42 Å². The Labute approximate surface area is 123 Å². The van der Waals surface area contributed by atoms with Crippen LogP contribution in [0.15, 0.2) is 48.5 Å². The topological polar surface area (TPSA) is 72.2 Å². The van der Waals surface area contributed by atoms with Crippen LogP contribution in [0.5, 0.6) is 0 Å². The van der Waals surface area contributed by atoms with Gasteiger partial charge < -0.3 is 5.73 Å². The van der Waals surface area contributed by atoms with Crippen LogP contribution in [-0.2, 0) is 15.8 Å². The molecule has 2 rings (SSSR count). The molecule has 0 bridgehead atoms. The molecule has 0 aliphatic carbocycles. The standard InChI is InChI=1S/C15H17FN2O2S/c1-11(13-4-8-15(17)9-5-13)18-21(19,20)10-12-2-6-14(16)7-3-12/h2-9,11,18H,10,17H2,1H3. The summed E-state index contributed by atoms with van der Waals surface area (Å²) in [6.45, 7) is 1.76. The van der Waals surface area contributed by atoms with Gasteiger partial charge in [-0.1, -0.05) is 24.3 Å². The van der Waals surface area contributed by atoms with E-state index in [1.165, 1.54) is 24.3 Å². The van der Waals surface area contributed by atoms with E-state index in [0.717, 1.165) is 5.56 Å². The van der Waals surface area contributed by atoms with Crippen molar-refractivity contribution in [1.29, 1.82) is 0 Å². The fourth-order valence-electron chi connectivity index (χ4n) is 1.96. The summed E-state index contributed by atoms with van der Waals surface area (Å²) in [5, 5.41) is 0. The normalized spacial score (nSPS) is 13.0. The molecular weight excluding hydrogens is 291 g/mol. The lowest BCUT2D eigenvalue weighted by atomic mass is 10.1. The second-order valence-corrected chi connectivity index (χ2v) is 6.65. The van der Waals surface area contributed by atoms with Gasteiger partial charge in [0.15, 0.2) is 0 Å². The largest absolute Gasteiger partial charge is 0.399 e. The minimum absolute atomic E-state index is 0.188. The van der Waals surface area contributed by atoms with Gasteiger partial charge >= 0.3 is 0 Å². The van der Waals surface area contributed by atoms with Gasteiger partial charge in [-0.2, -0.15) is 0 Å². The first kappa shape index (κ1) is 15.5. The third-order valence-corrected chi connectivity index (χ3v) is 4.49. The van der Waals surface area contributed by atoms with Crippen molar-refractivity contribution in [2.45, 2.75) is 18.7 Å². The SMILES string of the molecule is CC(NS(=O)(=O)Cc1ccc(F)cc1)c1ccc(N)cc1. The Hall–Kier alpha value is -1.92. The maximum absolute atomic E-state index is 12.8. The van der Waals surface area contributed by atoms with Crippen molar-refractivity contribution < 1.29 is 12.8 Å². The van der Waals surface area contributed by atoms with Crippen molar-refractivity contribution in [3.05, 3.63) is 65.5 Å². The summed E-state index contributed by atoms with van der Waals surface area (Å²) in [5.74, 6) is -0.577. The summed E-state index contributed by atoms with van der Waals surface area (Å²) >= 11 is 0. The van der Waals surface area contributed by atoms with Gasteiger partial charge in [-0.05, 0) is 42.3 Å². The molecule has 0 aliphatic rings. The van der Waals surface area contributed by atoms with E-state index in [-0.39, 0.29) is 17.6 Å². The van der Waals surface area contributed by atoms with E-state index in [9.17, 15) is 12.8 Å². The van der Waals surface area contributed by atoms with Crippen molar-refractivity contribution in [3.63, 3.8) is 0 Å². The highest BCUT2D eigenvalue weighted by Gasteiger charge is 2.16. The number of hydrogen-bond acceptors (Lipinski definition) is 3. The lowest BCUT2D eigenvalue weighted by molar-refractivity contribution is 0.566. The predicted molar refractivity (Wildman–Crippen MR) is 81.4 cm³/mol. The Morgan fingerprint density at radius 1 is 1.10 bits per heavy atom. The summed E-state index contributed by atoms with van der Waals surface area (Å²) in [6.07, 6.45) is 0. The Bertz CT molecular complexity index is 697. The van der Waals surface area contributed by atoms with Crippen LogP contribution in [0.3, 0.4) is 0 Å². The number of rotatable bonds is 5. The minimum atomic E-state index is -3.51. The highest BCUT2D eigenvalue weighted by molar-refractivity contribution is 7.88. The monoisotopic (exact) mass is 308 g/mol. The van der Waals surface area contributed by atoms with Crippen molar-refractivity contribution in [2.24, 2.45) is 0 Å². The van der Waals surface area contributed by atoms with Crippen LogP contribution in [0.25, 0.3) is 0 Å². The maximum atomic E-state index is 12.8. The first-order valence-electron chi connectivity index (χ1n) is 6.45. The second kappa shape index (κ2) is 6.24. The van der Waals surface area contributed by atoms with Crippen molar-refractivity contribution in [2.75, 3.05) is 5.73 Å². The molecule has 0 aliphatic heterocycles. The van der Waals surface area contributed by atoms with Gasteiger partial charge in [0, 0.05) is 11.7 Å². The smallest absolute Gasteiger partial charge is 0.216 e. The summed E-state index contributed by atoms with van der Waals surface area (Å²) in [5.41, 5.74) is 7.59. The zero-order valence-corrected chi connectivity index (χ0v) is 12.4. The zero-order valence-electron chi connectivity index (χ0n) is 11.6. The molecule has 0 amide bonds. The number of benzene rings is 2. The summed E-state index contributed by atoms with van der Waals surface area (Å²) in [7, 11) is -3.51. The maximum Gasteiger partial charge on any atom is 0.216 e. The minimum Gasteiger partial charge on any atom is -0.399 e. The molecule has 4 nitrogen and oxygen atoms in total. The molecule has 6 heteroatoms. The van der Waals surface area contributed by atoms with Crippen LogP contribution in [0, 0.1) is 5.82 Å². The van der Waals surface area contributed by atoms with Crippen molar-refractivity contribution >= 4 is 15.7 Å². The van der Waals surface area contributed by atoms with Gasteiger partial charge in [0.05, 0.1) is 5.75 Å². The van der Waals surface area contributed by atoms with Crippen molar-refractivity contribution in [1.82, 2.24) is 4.72 Å². The Balaban J connectivity index is 2.06. The van der Waals surface area contributed by atoms with Gasteiger partial charge in [0.1, 0.15) is 5.82 Å². The number of anilines is 1. The van der Waals surface area contributed by atoms with E-state index < -0.39 is 10.0 Å².